The Morgan fingerprint density at radius 2 is 1.75 bits per heavy atom. The third-order valence-corrected chi connectivity index (χ3v) is 6.98. The van der Waals surface area contributed by atoms with Gasteiger partial charge in [-0.1, -0.05) is 15.9 Å². The first kappa shape index (κ1) is 15.3. The molecule has 6 atom stereocenters. The summed E-state index contributed by atoms with van der Waals surface area (Å²) in [7, 11) is 2.31. The number of fused-ring (bicyclic) bond motifs is 1. The molecule has 3 fully saturated rings. The number of nitrogens with zero attached hydrogens (tertiary/aromatic N) is 2. The largest absolute Gasteiger partial charge is 0.303 e. The van der Waals surface area contributed by atoms with Gasteiger partial charge in [0.1, 0.15) is 0 Å². The number of hydrogen-bond donors (Lipinski definition) is 0. The Morgan fingerprint density at radius 3 is 2.45 bits per heavy atom. The summed E-state index contributed by atoms with van der Waals surface area (Å²) in [5.41, 5.74) is 0. The van der Waals surface area contributed by atoms with Crippen LogP contribution in [0.5, 0.6) is 0 Å². The van der Waals surface area contributed by atoms with Gasteiger partial charge in [-0.05, 0) is 70.8 Å². The van der Waals surface area contributed by atoms with Gasteiger partial charge in [-0.25, -0.2) is 0 Å². The molecule has 0 bridgehead atoms. The fourth-order valence-electron chi connectivity index (χ4n) is 4.90. The van der Waals surface area contributed by atoms with E-state index in [1.165, 1.54) is 51.7 Å². The van der Waals surface area contributed by atoms with Crippen LogP contribution in [0.1, 0.15) is 46.0 Å². The van der Waals surface area contributed by atoms with E-state index in [4.69, 9.17) is 0 Å². The highest BCUT2D eigenvalue weighted by Crippen LogP contribution is 2.41. The van der Waals surface area contributed by atoms with Gasteiger partial charge in [0.15, 0.2) is 0 Å². The number of piperidine rings is 1. The standard InChI is InChI=1S/C17H31BrN2/c1-12-6-16-8-14(4-5-15(16)10-19(12)3)9-20-11-17(18)7-13(20)2/h12-17H,4-11H2,1-3H3/t12-,13?,14+,15+,16+,17?/m1/s1. The van der Waals surface area contributed by atoms with E-state index in [1.54, 1.807) is 0 Å². The molecule has 20 heavy (non-hydrogen) atoms. The molecule has 0 aromatic carbocycles. The first-order valence-corrected chi connectivity index (χ1v) is 9.52. The second-order valence-corrected chi connectivity index (χ2v) is 9.15. The molecule has 0 N–H and O–H groups in total. The minimum absolute atomic E-state index is 0.734. The third-order valence-electron chi connectivity index (χ3n) is 6.31. The maximum atomic E-state index is 3.81. The molecule has 3 aliphatic rings. The quantitative estimate of drug-likeness (QED) is 0.707. The van der Waals surface area contributed by atoms with Gasteiger partial charge >= 0.3 is 0 Å². The Labute approximate surface area is 133 Å². The molecule has 1 saturated carbocycles. The molecule has 0 radical (unpaired) electrons. The van der Waals surface area contributed by atoms with Gasteiger partial charge in [-0.15, -0.1) is 0 Å². The molecule has 3 heteroatoms. The second-order valence-electron chi connectivity index (χ2n) is 7.86. The van der Waals surface area contributed by atoms with E-state index in [2.05, 4.69) is 46.6 Å². The summed E-state index contributed by atoms with van der Waals surface area (Å²) >= 11 is 3.81. The summed E-state index contributed by atoms with van der Waals surface area (Å²) in [4.78, 5) is 6.06. The van der Waals surface area contributed by atoms with Crippen LogP contribution in [-0.2, 0) is 0 Å². The number of alkyl halides is 1. The number of rotatable bonds is 2. The second kappa shape index (κ2) is 6.26. The predicted octanol–water partition coefficient (Wildman–Crippen LogP) is 3.60. The molecule has 2 aliphatic heterocycles. The highest BCUT2D eigenvalue weighted by molar-refractivity contribution is 9.09. The van der Waals surface area contributed by atoms with Crippen molar-refractivity contribution in [2.45, 2.75) is 62.9 Å². The molecule has 0 amide bonds. The molecule has 1 aliphatic carbocycles. The first-order valence-electron chi connectivity index (χ1n) is 8.61. The first-order chi connectivity index (χ1) is 9.52. The van der Waals surface area contributed by atoms with Gasteiger partial charge in [0.05, 0.1) is 0 Å². The van der Waals surface area contributed by atoms with Gasteiger partial charge in [0.25, 0.3) is 0 Å². The lowest BCUT2D eigenvalue weighted by atomic mass is 9.69. The lowest BCUT2D eigenvalue weighted by Gasteiger charge is -2.46. The molecule has 2 nitrogen and oxygen atoms in total. The topological polar surface area (TPSA) is 6.48 Å². The van der Waals surface area contributed by atoms with E-state index < -0.39 is 0 Å². The van der Waals surface area contributed by atoms with Crippen LogP contribution in [0.4, 0.5) is 0 Å². The minimum atomic E-state index is 0.734. The van der Waals surface area contributed by atoms with Crippen molar-refractivity contribution in [3.8, 4) is 0 Å². The smallest absolute Gasteiger partial charge is 0.0288 e. The lowest BCUT2D eigenvalue weighted by Crippen LogP contribution is -2.47. The van der Waals surface area contributed by atoms with Crippen LogP contribution < -0.4 is 0 Å². The zero-order valence-electron chi connectivity index (χ0n) is 13.4. The number of halogens is 1. The lowest BCUT2D eigenvalue weighted by molar-refractivity contribution is 0.0369. The van der Waals surface area contributed by atoms with Crippen molar-refractivity contribution in [3.05, 3.63) is 0 Å². The minimum Gasteiger partial charge on any atom is -0.303 e. The molecule has 116 valence electrons. The van der Waals surface area contributed by atoms with E-state index >= 15 is 0 Å². The maximum Gasteiger partial charge on any atom is 0.0288 e. The van der Waals surface area contributed by atoms with Crippen LogP contribution >= 0.6 is 15.9 Å². The summed E-state index contributed by atoms with van der Waals surface area (Å²) in [5.74, 6) is 2.97. The van der Waals surface area contributed by atoms with Crippen LogP contribution in [0.3, 0.4) is 0 Å². The van der Waals surface area contributed by atoms with Crippen LogP contribution in [-0.4, -0.2) is 53.4 Å². The average molecular weight is 343 g/mol. The van der Waals surface area contributed by atoms with Gasteiger partial charge in [0.2, 0.25) is 0 Å². The normalized spacial score (nSPS) is 47.4. The predicted molar refractivity (Wildman–Crippen MR) is 89.4 cm³/mol. The average Bonchev–Trinajstić information content (AvgIpc) is 2.70. The molecule has 2 heterocycles. The van der Waals surface area contributed by atoms with Crippen LogP contribution in [0, 0.1) is 17.8 Å². The zero-order chi connectivity index (χ0) is 14.3. The SMILES string of the molecule is CC1CC(Br)CN1C[C@H]1CC[C@H]2CN(C)[C@H](C)C[C@H]2C1. The Morgan fingerprint density at radius 1 is 0.950 bits per heavy atom. The highest BCUT2D eigenvalue weighted by atomic mass is 79.9. The molecular weight excluding hydrogens is 312 g/mol. The van der Waals surface area contributed by atoms with Crippen molar-refractivity contribution in [3.63, 3.8) is 0 Å². The van der Waals surface area contributed by atoms with Gasteiger partial charge in [-0.2, -0.15) is 0 Å². The molecule has 3 rings (SSSR count). The van der Waals surface area contributed by atoms with E-state index in [0.717, 1.165) is 34.7 Å². The van der Waals surface area contributed by atoms with Crippen LogP contribution in [0.2, 0.25) is 0 Å². The van der Waals surface area contributed by atoms with E-state index in [-0.39, 0.29) is 0 Å². The van der Waals surface area contributed by atoms with Gasteiger partial charge in [-0.3, -0.25) is 4.90 Å². The summed E-state index contributed by atoms with van der Waals surface area (Å²) in [5, 5.41) is 0. The molecule has 0 aromatic rings. The van der Waals surface area contributed by atoms with Gasteiger partial charge < -0.3 is 4.90 Å². The summed E-state index contributed by atoms with van der Waals surface area (Å²) < 4.78 is 0. The Bertz CT molecular complexity index is 335. The Kier molecular flexibility index (Phi) is 4.79. The zero-order valence-corrected chi connectivity index (χ0v) is 15.0. The van der Waals surface area contributed by atoms with E-state index in [0.29, 0.717) is 0 Å². The fourth-order valence-corrected chi connectivity index (χ4v) is 5.81. The van der Waals surface area contributed by atoms with Crippen molar-refractivity contribution >= 4 is 15.9 Å². The van der Waals surface area contributed by atoms with E-state index in [1.807, 2.05) is 0 Å². The Hall–Kier alpha value is 0.400. The van der Waals surface area contributed by atoms with Crippen molar-refractivity contribution in [1.29, 1.82) is 0 Å². The summed E-state index contributed by atoms with van der Waals surface area (Å²) in [6.45, 7) is 8.80. The van der Waals surface area contributed by atoms with E-state index in [9.17, 15) is 0 Å². The molecule has 0 spiro atoms. The van der Waals surface area contributed by atoms with Crippen molar-refractivity contribution in [2.75, 3.05) is 26.7 Å². The van der Waals surface area contributed by atoms with Crippen LogP contribution in [0.15, 0.2) is 0 Å². The third kappa shape index (κ3) is 3.25. The van der Waals surface area contributed by atoms with Crippen molar-refractivity contribution in [2.24, 2.45) is 17.8 Å². The number of likely N-dealkylation sites (tertiary alicyclic amines) is 2. The fraction of sp³-hybridized carbons (Fsp3) is 1.00. The number of hydrogen-bond acceptors (Lipinski definition) is 2. The van der Waals surface area contributed by atoms with Crippen molar-refractivity contribution in [1.82, 2.24) is 9.80 Å². The molecule has 2 saturated heterocycles. The molecule has 2 unspecified atom stereocenters. The van der Waals surface area contributed by atoms with Gasteiger partial charge in [0, 0.05) is 36.5 Å². The summed E-state index contributed by atoms with van der Waals surface area (Å²) in [6, 6.07) is 1.58. The summed E-state index contributed by atoms with van der Waals surface area (Å²) in [6.07, 6.45) is 7.22. The maximum absolute atomic E-state index is 3.81. The Balaban J connectivity index is 1.53. The molecule has 0 aromatic heterocycles. The van der Waals surface area contributed by atoms with Crippen molar-refractivity contribution < 1.29 is 0 Å². The van der Waals surface area contributed by atoms with Crippen LogP contribution in [0.25, 0.3) is 0 Å². The highest BCUT2D eigenvalue weighted by Gasteiger charge is 2.38. The molecular formula is C17H31BrN2. The monoisotopic (exact) mass is 342 g/mol.